The van der Waals surface area contributed by atoms with Crippen molar-refractivity contribution in [1.82, 2.24) is 0 Å². The number of aliphatic carboxylic acids is 1. The van der Waals surface area contributed by atoms with Crippen molar-refractivity contribution in [2.24, 2.45) is 0 Å². The largest absolute Gasteiger partial charge is 0.481 e. The van der Waals surface area contributed by atoms with Gasteiger partial charge in [-0.3, -0.25) is 4.79 Å². The number of hydrogen-bond acceptors (Lipinski definition) is 1. The van der Waals surface area contributed by atoms with Crippen LogP contribution in [0.25, 0.3) is 0 Å². The van der Waals surface area contributed by atoms with E-state index < -0.39 is 5.97 Å². The topological polar surface area (TPSA) is 37.3 Å². The Bertz CT molecular complexity index is 380. The lowest BCUT2D eigenvalue weighted by atomic mass is 9.79. The summed E-state index contributed by atoms with van der Waals surface area (Å²) in [4.78, 5) is 10.7. The van der Waals surface area contributed by atoms with E-state index in [1.165, 1.54) is 24.8 Å². The highest BCUT2D eigenvalue weighted by atomic mass is 16.4. The Labute approximate surface area is 96.3 Å². The number of carbonyl (C=O) groups is 1. The fourth-order valence-electron chi connectivity index (χ4n) is 2.24. The van der Waals surface area contributed by atoms with Crippen LogP contribution in [0.1, 0.15) is 55.6 Å². The first-order valence-corrected chi connectivity index (χ1v) is 5.98. The third-order valence-corrected chi connectivity index (χ3v) is 3.54. The smallest absolute Gasteiger partial charge is 0.303 e. The first kappa shape index (κ1) is 11.2. The Balaban J connectivity index is 2.11. The molecule has 86 valence electrons. The van der Waals surface area contributed by atoms with Crippen LogP contribution in [0.5, 0.6) is 0 Å². The van der Waals surface area contributed by atoms with Crippen LogP contribution in [0.2, 0.25) is 0 Å². The quantitative estimate of drug-likeness (QED) is 0.839. The van der Waals surface area contributed by atoms with E-state index in [2.05, 4.69) is 18.2 Å². The van der Waals surface area contributed by atoms with Gasteiger partial charge >= 0.3 is 5.97 Å². The third-order valence-electron chi connectivity index (χ3n) is 3.54. The van der Waals surface area contributed by atoms with Crippen LogP contribution in [0.15, 0.2) is 24.3 Å². The van der Waals surface area contributed by atoms with Crippen molar-refractivity contribution in [3.63, 3.8) is 0 Å². The molecule has 0 saturated heterocycles. The lowest BCUT2D eigenvalue weighted by Gasteiger charge is -2.26. The molecule has 2 rings (SSSR count). The summed E-state index contributed by atoms with van der Waals surface area (Å²) >= 11 is 0. The molecule has 0 bridgehead atoms. The van der Waals surface area contributed by atoms with Gasteiger partial charge in [0.05, 0.1) is 6.42 Å². The molecule has 0 aliphatic heterocycles. The van der Waals surface area contributed by atoms with E-state index in [0.717, 1.165) is 11.5 Å². The average molecular weight is 218 g/mol. The van der Waals surface area contributed by atoms with Crippen molar-refractivity contribution in [2.45, 2.75) is 44.4 Å². The fourth-order valence-corrected chi connectivity index (χ4v) is 2.24. The summed E-state index contributed by atoms with van der Waals surface area (Å²) in [5.41, 5.74) is 2.55. The third kappa shape index (κ3) is 2.43. The van der Waals surface area contributed by atoms with Crippen molar-refractivity contribution in [2.75, 3.05) is 0 Å². The SMILES string of the molecule is CC(CC(=O)O)c1cccc(C2CCC2)c1. The molecule has 1 fully saturated rings. The summed E-state index contributed by atoms with van der Waals surface area (Å²) in [6.45, 7) is 1.98. The van der Waals surface area contributed by atoms with Crippen LogP contribution >= 0.6 is 0 Å². The highest BCUT2D eigenvalue weighted by Crippen LogP contribution is 2.37. The highest BCUT2D eigenvalue weighted by molar-refractivity contribution is 5.68. The summed E-state index contributed by atoms with van der Waals surface area (Å²) in [6.07, 6.45) is 4.13. The molecule has 0 amide bonds. The second kappa shape index (κ2) is 4.69. The van der Waals surface area contributed by atoms with Gasteiger partial charge in [-0.25, -0.2) is 0 Å². The van der Waals surface area contributed by atoms with Gasteiger partial charge in [0.15, 0.2) is 0 Å². The summed E-state index contributed by atoms with van der Waals surface area (Å²) in [5, 5.41) is 8.78. The molecule has 0 aromatic heterocycles. The molecule has 1 N–H and O–H groups in total. The molecule has 1 unspecified atom stereocenters. The number of carboxylic acids is 1. The molecule has 0 spiro atoms. The van der Waals surface area contributed by atoms with Gasteiger partial charge in [0.2, 0.25) is 0 Å². The molecule has 1 saturated carbocycles. The molecule has 0 radical (unpaired) electrons. The number of carboxylic acid groups (broad SMARTS) is 1. The van der Waals surface area contributed by atoms with Gasteiger partial charge in [0.1, 0.15) is 0 Å². The van der Waals surface area contributed by atoms with Gasteiger partial charge in [-0.2, -0.15) is 0 Å². The zero-order chi connectivity index (χ0) is 11.5. The number of rotatable bonds is 4. The van der Waals surface area contributed by atoms with Crippen LogP contribution < -0.4 is 0 Å². The first-order chi connectivity index (χ1) is 7.66. The number of hydrogen-bond donors (Lipinski definition) is 1. The summed E-state index contributed by atoms with van der Waals surface area (Å²) in [7, 11) is 0. The summed E-state index contributed by atoms with van der Waals surface area (Å²) < 4.78 is 0. The van der Waals surface area contributed by atoms with Gasteiger partial charge in [-0.15, -0.1) is 0 Å². The Morgan fingerprint density at radius 1 is 1.50 bits per heavy atom. The van der Waals surface area contributed by atoms with E-state index >= 15 is 0 Å². The Hall–Kier alpha value is -1.31. The lowest BCUT2D eigenvalue weighted by molar-refractivity contribution is -0.137. The minimum absolute atomic E-state index is 0.109. The maximum Gasteiger partial charge on any atom is 0.303 e. The molecule has 1 aromatic rings. The first-order valence-electron chi connectivity index (χ1n) is 5.98. The predicted octanol–water partition coefficient (Wildman–Crippen LogP) is 3.53. The Kier molecular flexibility index (Phi) is 3.28. The molecule has 2 nitrogen and oxygen atoms in total. The summed E-state index contributed by atoms with van der Waals surface area (Å²) in [5.74, 6) is 0.107. The zero-order valence-electron chi connectivity index (χ0n) is 9.65. The van der Waals surface area contributed by atoms with E-state index in [9.17, 15) is 4.79 Å². The van der Waals surface area contributed by atoms with Gasteiger partial charge in [-0.1, -0.05) is 37.6 Å². The van der Waals surface area contributed by atoms with Crippen molar-refractivity contribution in [3.05, 3.63) is 35.4 Å². The van der Waals surface area contributed by atoms with Crippen LogP contribution in [0, 0.1) is 0 Å². The maximum absolute atomic E-state index is 10.7. The molecular formula is C14H18O2. The van der Waals surface area contributed by atoms with E-state index in [0.29, 0.717) is 0 Å². The molecule has 16 heavy (non-hydrogen) atoms. The van der Waals surface area contributed by atoms with Crippen LogP contribution in [0.3, 0.4) is 0 Å². The molecule has 1 aliphatic rings. The zero-order valence-corrected chi connectivity index (χ0v) is 9.65. The molecule has 0 heterocycles. The van der Waals surface area contributed by atoms with Crippen molar-refractivity contribution in [3.8, 4) is 0 Å². The van der Waals surface area contributed by atoms with Crippen molar-refractivity contribution < 1.29 is 9.90 Å². The minimum atomic E-state index is -0.721. The highest BCUT2D eigenvalue weighted by Gasteiger charge is 2.20. The maximum atomic E-state index is 10.7. The monoisotopic (exact) mass is 218 g/mol. The Morgan fingerprint density at radius 2 is 2.25 bits per heavy atom. The van der Waals surface area contributed by atoms with Crippen molar-refractivity contribution >= 4 is 5.97 Å². The molecule has 1 aliphatic carbocycles. The standard InChI is InChI=1S/C14H18O2/c1-10(8-14(15)16)12-6-3-7-13(9-12)11-4-2-5-11/h3,6-7,9-11H,2,4-5,8H2,1H3,(H,15,16). The van der Waals surface area contributed by atoms with E-state index in [1.54, 1.807) is 0 Å². The van der Waals surface area contributed by atoms with Gasteiger partial charge in [0.25, 0.3) is 0 Å². The lowest BCUT2D eigenvalue weighted by Crippen LogP contribution is -2.09. The number of benzene rings is 1. The second-order valence-electron chi connectivity index (χ2n) is 4.80. The van der Waals surface area contributed by atoms with E-state index in [1.807, 2.05) is 13.0 Å². The van der Waals surface area contributed by atoms with Crippen LogP contribution in [-0.4, -0.2) is 11.1 Å². The van der Waals surface area contributed by atoms with E-state index in [-0.39, 0.29) is 12.3 Å². The van der Waals surface area contributed by atoms with Crippen LogP contribution in [-0.2, 0) is 4.79 Å². The van der Waals surface area contributed by atoms with Crippen LogP contribution in [0.4, 0.5) is 0 Å². The second-order valence-corrected chi connectivity index (χ2v) is 4.80. The molecule has 1 atom stereocenters. The van der Waals surface area contributed by atoms with Gasteiger partial charge in [-0.05, 0) is 35.8 Å². The molecule has 1 aromatic carbocycles. The van der Waals surface area contributed by atoms with E-state index in [4.69, 9.17) is 5.11 Å². The van der Waals surface area contributed by atoms with Gasteiger partial charge < -0.3 is 5.11 Å². The van der Waals surface area contributed by atoms with Gasteiger partial charge in [0, 0.05) is 0 Å². The summed E-state index contributed by atoms with van der Waals surface area (Å²) in [6, 6.07) is 8.45. The molecule has 2 heteroatoms. The minimum Gasteiger partial charge on any atom is -0.481 e. The molecular weight excluding hydrogens is 200 g/mol. The fraction of sp³-hybridized carbons (Fsp3) is 0.500. The van der Waals surface area contributed by atoms with Crippen molar-refractivity contribution in [1.29, 1.82) is 0 Å². The predicted molar refractivity (Wildman–Crippen MR) is 63.7 cm³/mol. The average Bonchev–Trinajstić information content (AvgIpc) is 2.14. The Morgan fingerprint density at radius 3 is 2.81 bits per heavy atom. The normalized spacial score (nSPS) is 17.8.